The van der Waals surface area contributed by atoms with Gasteiger partial charge in [0.25, 0.3) is 5.69 Å². The molecule has 0 aliphatic rings. The van der Waals surface area contributed by atoms with Crippen molar-refractivity contribution in [2.24, 2.45) is 0 Å². The fraction of sp³-hybridized carbons (Fsp3) is 0.333. The molecular formula is C9H10ClNO2. The summed E-state index contributed by atoms with van der Waals surface area (Å²) in [6, 6.07) is 3.43. The van der Waals surface area contributed by atoms with E-state index in [1.807, 2.05) is 13.0 Å². The summed E-state index contributed by atoms with van der Waals surface area (Å²) in [7, 11) is 0. The van der Waals surface area contributed by atoms with Crippen LogP contribution in [0.15, 0.2) is 12.1 Å². The molecule has 3 nitrogen and oxygen atoms in total. The lowest BCUT2D eigenvalue weighted by atomic mass is 10.0. The quantitative estimate of drug-likeness (QED) is 0.418. The third kappa shape index (κ3) is 1.98. The van der Waals surface area contributed by atoms with Gasteiger partial charge < -0.3 is 0 Å². The molecule has 0 amide bonds. The van der Waals surface area contributed by atoms with Crippen LogP contribution in [-0.4, -0.2) is 4.92 Å². The summed E-state index contributed by atoms with van der Waals surface area (Å²) in [5.41, 5.74) is 2.50. The molecule has 0 N–H and O–H groups in total. The average molecular weight is 200 g/mol. The van der Waals surface area contributed by atoms with Gasteiger partial charge in [-0.05, 0) is 25.0 Å². The Labute approximate surface area is 81.5 Å². The second-order valence-electron chi connectivity index (χ2n) is 2.96. The number of rotatable bonds is 2. The monoisotopic (exact) mass is 199 g/mol. The Morgan fingerprint density at radius 2 is 2.08 bits per heavy atom. The van der Waals surface area contributed by atoms with E-state index in [9.17, 15) is 10.1 Å². The van der Waals surface area contributed by atoms with Gasteiger partial charge in [0.2, 0.25) is 0 Å². The molecule has 0 saturated heterocycles. The van der Waals surface area contributed by atoms with Gasteiger partial charge in [0, 0.05) is 17.5 Å². The number of benzene rings is 1. The highest BCUT2D eigenvalue weighted by atomic mass is 35.5. The van der Waals surface area contributed by atoms with Crippen LogP contribution in [0.5, 0.6) is 0 Å². The van der Waals surface area contributed by atoms with Crippen LogP contribution in [0.3, 0.4) is 0 Å². The summed E-state index contributed by atoms with van der Waals surface area (Å²) in [5, 5.41) is 10.6. The standard InChI is InChI=1S/C9H10ClNO2/c1-6-3-8(5-10)7(2)9(4-6)11(12)13/h3-4H,5H2,1-2H3. The maximum absolute atomic E-state index is 10.6. The number of nitro groups is 1. The molecule has 0 atom stereocenters. The van der Waals surface area contributed by atoms with Crippen LogP contribution in [-0.2, 0) is 5.88 Å². The maximum atomic E-state index is 10.6. The normalized spacial score (nSPS) is 10.1. The van der Waals surface area contributed by atoms with E-state index in [2.05, 4.69) is 0 Å². The van der Waals surface area contributed by atoms with Gasteiger partial charge in [-0.25, -0.2) is 0 Å². The van der Waals surface area contributed by atoms with E-state index in [1.165, 1.54) is 0 Å². The van der Waals surface area contributed by atoms with Gasteiger partial charge in [-0.3, -0.25) is 10.1 Å². The number of nitrogens with zero attached hydrogens (tertiary/aromatic N) is 1. The van der Waals surface area contributed by atoms with Crippen LogP contribution in [0.4, 0.5) is 5.69 Å². The van der Waals surface area contributed by atoms with E-state index in [-0.39, 0.29) is 10.6 Å². The first-order valence-electron chi connectivity index (χ1n) is 3.86. The highest BCUT2D eigenvalue weighted by molar-refractivity contribution is 6.17. The number of aryl methyl sites for hydroxylation is 1. The van der Waals surface area contributed by atoms with Gasteiger partial charge in [-0.2, -0.15) is 0 Å². The number of halogens is 1. The molecule has 0 aliphatic heterocycles. The highest BCUT2D eigenvalue weighted by Gasteiger charge is 2.13. The molecule has 0 heterocycles. The van der Waals surface area contributed by atoms with Gasteiger partial charge in [0.15, 0.2) is 0 Å². The minimum absolute atomic E-state index is 0.149. The first-order chi connectivity index (χ1) is 6.06. The third-order valence-electron chi connectivity index (χ3n) is 1.97. The summed E-state index contributed by atoms with van der Waals surface area (Å²) in [5.74, 6) is 0.314. The van der Waals surface area contributed by atoms with Crippen LogP contribution < -0.4 is 0 Å². The van der Waals surface area contributed by atoms with Crippen LogP contribution in [0.1, 0.15) is 16.7 Å². The Hall–Kier alpha value is -1.09. The van der Waals surface area contributed by atoms with E-state index >= 15 is 0 Å². The number of hydrogen-bond donors (Lipinski definition) is 0. The van der Waals surface area contributed by atoms with E-state index in [4.69, 9.17) is 11.6 Å². The summed E-state index contributed by atoms with van der Waals surface area (Å²) >= 11 is 5.66. The second-order valence-corrected chi connectivity index (χ2v) is 3.23. The van der Waals surface area contributed by atoms with Crippen LogP contribution in [0.2, 0.25) is 0 Å². The van der Waals surface area contributed by atoms with E-state index in [1.54, 1.807) is 13.0 Å². The van der Waals surface area contributed by atoms with Crippen molar-refractivity contribution in [3.8, 4) is 0 Å². The van der Waals surface area contributed by atoms with Crippen molar-refractivity contribution >= 4 is 17.3 Å². The van der Waals surface area contributed by atoms with Crippen LogP contribution in [0.25, 0.3) is 0 Å². The third-order valence-corrected chi connectivity index (χ3v) is 2.26. The van der Waals surface area contributed by atoms with Crippen molar-refractivity contribution in [3.05, 3.63) is 38.9 Å². The van der Waals surface area contributed by atoms with Gasteiger partial charge in [0.05, 0.1) is 4.92 Å². The summed E-state index contributed by atoms with van der Waals surface area (Å²) < 4.78 is 0. The first-order valence-corrected chi connectivity index (χ1v) is 4.40. The smallest absolute Gasteiger partial charge is 0.258 e. The Bertz CT molecular complexity index is 350. The molecule has 0 spiro atoms. The molecule has 0 saturated carbocycles. The topological polar surface area (TPSA) is 43.1 Å². The molecule has 0 bridgehead atoms. The molecule has 1 rings (SSSR count). The molecule has 70 valence electrons. The summed E-state index contributed by atoms with van der Waals surface area (Å²) in [4.78, 5) is 10.2. The molecule has 0 aromatic heterocycles. The number of hydrogen-bond acceptors (Lipinski definition) is 2. The molecule has 0 aliphatic carbocycles. The molecule has 4 heteroatoms. The molecule has 13 heavy (non-hydrogen) atoms. The Kier molecular flexibility index (Phi) is 2.88. The maximum Gasteiger partial charge on any atom is 0.272 e. The summed E-state index contributed by atoms with van der Waals surface area (Å²) in [6.45, 7) is 3.54. The average Bonchev–Trinajstić information content (AvgIpc) is 2.08. The van der Waals surface area contributed by atoms with Crippen molar-refractivity contribution in [2.75, 3.05) is 0 Å². The minimum Gasteiger partial charge on any atom is -0.258 e. The summed E-state index contributed by atoms with van der Waals surface area (Å²) in [6.07, 6.45) is 0. The van der Waals surface area contributed by atoms with Gasteiger partial charge in [-0.15, -0.1) is 11.6 Å². The lowest BCUT2D eigenvalue weighted by Crippen LogP contribution is -1.96. The van der Waals surface area contributed by atoms with Gasteiger partial charge in [-0.1, -0.05) is 6.07 Å². The predicted octanol–water partition coefficient (Wildman–Crippen LogP) is 2.95. The largest absolute Gasteiger partial charge is 0.272 e. The molecule has 0 radical (unpaired) electrons. The first kappa shape index (κ1) is 9.99. The SMILES string of the molecule is Cc1cc(CCl)c(C)c([N+](=O)[O-])c1. The van der Waals surface area contributed by atoms with Gasteiger partial charge in [0.1, 0.15) is 0 Å². The van der Waals surface area contributed by atoms with E-state index < -0.39 is 0 Å². The Balaban J connectivity index is 3.35. The zero-order valence-electron chi connectivity index (χ0n) is 7.50. The fourth-order valence-corrected chi connectivity index (χ4v) is 1.52. The Morgan fingerprint density at radius 1 is 1.46 bits per heavy atom. The zero-order chi connectivity index (χ0) is 10.0. The van der Waals surface area contributed by atoms with E-state index in [0.717, 1.165) is 11.1 Å². The van der Waals surface area contributed by atoms with E-state index in [0.29, 0.717) is 11.4 Å². The van der Waals surface area contributed by atoms with Crippen molar-refractivity contribution in [2.45, 2.75) is 19.7 Å². The van der Waals surface area contributed by atoms with Crippen LogP contribution in [0, 0.1) is 24.0 Å². The second kappa shape index (κ2) is 3.75. The number of nitro benzene ring substituents is 1. The van der Waals surface area contributed by atoms with Gasteiger partial charge >= 0.3 is 0 Å². The zero-order valence-corrected chi connectivity index (χ0v) is 8.26. The van der Waals surface area contributed by atoms with Crippen LogP contribution >= 0.6 is 11.6 Å². The molecule has 1 aromatic rings. The molecular weight excluding hydrogens is 190 g/mol. The molecule has 0 fully saturated rings. The van der Waals surface area contributed by atoms with Crippen molar-refractivity contribution in [1.29, 1.82) is 0 Å². The number of alkyl halides is 1. The lowest BCUT2D eigenvalue weighted by molar-refractivity contribution is -0.385. The minimum atomic E-state index is -0.377. The lowest BCUT2D eigenvalue weighted by Gasteiger charge is -2.04. The fourth-order valence-electron chi connectivity index (χ4n) is 1.24. The molecule has 0 unspecified atom stereocenters. The van der Waals surface area contributed by atoms with Crippen molar-refractivity contribution in [3.63, 3.8) is 0 Å². The van der Waals surface area contributed by atoms with Crippen molar-refractivity contribution < 1.29 is 4.92 Å². The van der Waals surface area contributed by atoms with Crippen molar-refractivity contribution in [1.82, 2.24) is 0 Å². The highest BCUT2D eigenvalue weighted by Crippen LogP contribution is 2.24. The predicted molar refractivity (Wildman–Crippen MR) is 52.1 cm³/mol. The molecule has 1 aromatic carbocycles. The Morgan fingerprint density at radius 3 is 2.54 bits per heavy atom.